The Bertz CT molecular complexity index is 517. The summed E-state index contributed by atoms with van der Waals surface area (Å²) in [5, 5.41) is 0. The van der Waals surface area contributed by atoms with Crippen molar-refractivity contribution >= 4 is 5.97 Å². The van der Waals surface area contributed by atoms with Gasteiger partial charge in [0.15, 0.2) is 0 Å². The van der Waals surface area contributed by atoms with Crippen molar-refractivity contribution in [3.8, 4) is 0 Å². The molecule has 0 amide bonds. The molecular weight excluding hydrogens is 238 g/mol. The van der Waals surface area contributed by atoms with Crippen molar-refractivity contribution in [3.05, 3.63) is 59.4 Å². The van der Waals surface area contributed by atoms with Crippen molar-refractivity contribution in [3.63, 3.8) is 0 Å². The fourth-order valence-corrected chi connectivity index (χ4v) is 2.04. The topological polar surface area (TPSA) is 42.1 Å². The van der Waals surface area contributed by atoms with Gasteiger partial charge in [-0.2, -0.15) is 0 Å². The van der Waals surface area contributed by atoms with Crippen LogP contribution in [0.5, 0.6) is 0 Å². The van der Waals surface area contributed by atoms with Gasteiger partial charge in [-0.3, -0.25) is 0 Å². The molecule has 1 aromatic heterocycles. The van der Waals surface area contributed by atoms with Crippen molar-refractivity contribution in [2.75, 3.05) is 6.61 Å². The van der Waals surface area contributed by atoms with Gasteiger partial charge in [-0.25, -0.2) is 4.79 Å². The zero-order valence-corrected chi connectivity index (χ0v) is 11.2. The Morgan fingerprint density at radius 3 is 2.63 bits per heavy atom. The van der Waals surface area contributed by atoms with E-state index in [1.807, 2.05) is 19.1 Å². The molecule has 3 heteroatoms. The second-order valence-electron chi connectivity index (χ2n) is 4.46. The molecule has 0 saturated carbocycles. The number of hydrogen-bond donors (Lipinski definition) is 1. The summed E-state index contributed by atoms with van der Waals surface area (Å²) >= 11 is 0. The van der Waals surface area contributed by atoms with Crippen LogP contribution < -0.4 is 0 Å². The fourth-order valence-electron chi connectivity index (χ4n) is 2.04. The molecule has 0 bridgehead atoms. The maximum atomic E-state index is 11.5. The quantitative estimate of drug-likeness (QED) is 0.806. The van der Waals surface area contributed by atoms with Crippen LogP contribution in [0.1, 0.15) is 35.1 Å². The first-order valence-corrected chi connectivity index (χ1v) is 6.68. The van der Waals surface area contributed by atoms with E-state index in [4.69, 9.17) is 4.74 Å². The Labute approximate surface area is 113 Å². The van der Waals surface area contributed by atoms with Crippen LogP contribution in [0.3, 0.4) is 0 Å². The minimum absolute atomic E-state index is 0.281. The molecule has 3 nitrogen and oxygen atoms in total. The van der Waals surface area contributed by atoms with Crippen LogP contribution in [0.25, 0.3) is 0 Å². The summed E-state index contributed by atoms with van der Waals surface area (Å²) in [5.41, 5.74) is 2.97. The number of H-pyrrole nitrogens is 1. The summed E-state index contributed by atoms with van der Waals surface area (Å²) in [5.74, 6) is -0.281. The predicted molar refractivity (Wildman–Crippen MR) is 75.2 cm³/mol. The van der Waals surface area contributed by atoms with E-state index in [1.54, 1.807) is 6.07 Å². The largest absolute Gasteiger partial charge is 0.461 e. The van der Waals surface area contributed by atoms with Gasteiger partial charge in [0.05, 0.1) is 6.61 Å². The van der Waals surface area contributed by atoms with Crippen LogP contribution >= 0.6 is 0 Å². The number of aryl methyl sites for hydroxylation is 2. The van der Waals surface area contributed by atoms with Crippen molar-refractivity contribution in [1.82, 2.24) is 4.98 Å². The molecular formula is C16H19NO2. The van der Waals surface area contributed by atoms with E-state index in [-0.39, 0.29) is 5.97 Å². The first kappa shape index (κ1) is 13.4. The van der Waals surface area contributed by atoms with E-state index in [0.717, 1.165) is 25.0 Å². The second kappa shape index (κ2) is 6.78. The van der Waals surface area contributed by atoms with Crippen molar-refractivity contribution in [2.24, 2.45) is 0 Å². The van der Waals surface area contributed by atoms with Crippen molar-refractivity contribution in [2.45, 2.75) is 26.2 Å². The van der Waals surface area contributed by atoms with Gasteiger partial charge in [0.25, 0.3) is 0 Å². The highest BCUT2D eigenvalue weighted by molar-refractivity contribution is 5.87. The van der Waals surface area contributed by atoms with Gasteiger partial charge >= 0.3 is 5.97 Å². The third-order valence-corrected chi connectivity index (χ3v) is 3.00. The number of benzene rings is 1. The number of aromatic nitrogens is 1. The van der Waals surface area contributed by atoms with Gasteiger partial charge in [0.2, 0.25) is 0 Å². The highest BCUT2D eigenvalue weighted by Gasteiger charge is 2.08. The Morgan fingerprint density at radius 2 is 1.89 bits per heavy atom. The first-order valence-electron chi connectivity index (χ1n) is 6.68. The second-order valence-corrected chi connectivity index (χ2v) is 4.46. The zero-order chi connectivity index (χ0) is 13.5. The lowest BCUT2D eigenvalue weighted by Crippen LogP contribution is -2.05. The average molecular weight is 257 g/mol. The van der Waals surface area contributed by atoms with Crippen LogP contribution in [0.2, 0.25) is 0 Å². The molecule has 0 aliphatic carbocycles. The Balaban J connectivity index is 1.82. The maximum absolute atomic E-state index is 11.5. The summed E-state index contributed by atoms with van der Waals surface area (Å²) < 4.78 is 4.94. The normalized spacial score (nSPS) is 10.4. The van der Waals surface area contributed by atoms with Crippen LogP contribution in [0.4, 0.5) is 0 Å². The van der Waals surface area contributed by atoms with Crippen LogP contribution in [-0.2, 0) is 17.6 Å². The molecule has 0 unspecified atom stereocenters. The van der Waals surface area contributed by atoms with E-state index in [2.05, 4.69) is 29.2 Å². The highest BCUT2D eigenvalue weighted by atomic mass is 16.5. The molecule has 0 aliphatic heterocycles. The number of carbonyl (C=O) groups is 1. The van der Waals surface area contributed by atoms with E-state index in [0.29, 0.717) is 12.3 Å². The molecule has 19 heavy (non-hydrogen) atoms. The van der Waals surface area contributed by atoms with Gasteiger partial charge in [0.1, 0.15) is 5.69 Å². The molecule has 2 aromatic rings. The molecule has 0 spiro atoms. The van der Waals surface area contributed by atoms with Gasteiger partial charge in [-0.1, -0.05) is 30.3 Å². The summed E-state index contributed by atoms with van der Waals surface area (Å²) in [6.45, 7) is 2.21. The van der Waals surface area contributed by atoms with Crippen molar-refractivity contribution in [1.29, 1.82) is 0 Å². The third-order valence-electron chi connectivity index (χ3n) is 3.00. The summed E-state index contributed by atoms with van der Waals surface area (Å²) in [7, 11) is 0. The summed E-state index contributed by atoms with van der Waals surface area (Å²) in [6.07, 6.45) is 3.05. The minimum Gasteiger partial charge on any atom is -0.461 e. The molecule has 2 rings (SSSR count). The van der Waals surface area contributed by atoms with Gasteiger partial charge < -0.3 is 9.72 Å². The van der Waals surface area contributed by atoms with Crippen LogP contribution in [0, 0.1) is 0 Å². The predicted octanol–water partition coefficient (Wildman–Crippen LogP) is 3.37. The molecule has 1 heterocycles. The number of aromatic amines is 1. The SMILES string of the molecule is CCOC(=O)c1ccc(CCCc2ccccc2)[nH]1. The zero-order valence-electron chi connectivity index (χ0n) is 11.2. The van der Waals surface area contributed by atoms with E-state index in [9.17, 15) is 4.79 Å². The van der Waals surface area contributed by atoms with E-state index < -0.39 is 0 Å². The maximum Gasteiger partial charge on any atom is 0.354 e. The van der Waals surface area contributed by atoms with Crippen LogP contribution in [-0.4, -0.2) is 17.6 Å². The average Bonchev–Trinajstić information content (AvgIpc) is 2.89. The Morgan fingerprint density at radius 1 is 1.11 bits per heavy atom. The van der Waals surface area contributed by atoms with Gasteiger partial charge in [-0.05, 0) is 43.9 Å². The van der Waals surface area contributed by atoms with E-state index in [1.165, 1.54) is 5.56 Å². The number of nitrogens with one attached hydrogen (secondary N) is 1. The van der Waals surface area contributed by atoms with Crippen molar-refractivity contribution < 1.29 is 9.53 Å². The molecule has 0 radical (unpaired) electrons. The molecule has 1 aromatic carbocycles. The number of ether oxygens (including phenoxy) is 1. The lowest BCUT2D eigenvalue weighted by molar-refractivity contribution is 0.0520. The van der Waals surface area contributed by atoms with Gasteiger partial charge in [0, 0.05) is 5.69 Å². The molecule has 0 saturated heterocycles. The van der Waals surface area contributed by atoms with Gasteiger partial charge in [-0.15, -0.1) is 0 Å². The van der Waals surface area contributed by atoms with Crippen LogP contribution in [0.15, 0.2) is 42.5 Å². The fraction of sp³-hybridized carbons (Fsp3) is 0.312. The Kier molecular flexibility index (Phi) is 4.78. The lowest BCUT2D eigenvalue weighted by Gasteiger charge is -2.01. The third kappa shape index (κ3) is 3.98. The first-order chi connectivity index (χ1) is 9.29. The minimum atomic E-state index is -0.281. The molecule has 0 atom stereocenters. The number of rotatable bonds is 6. The highest BCUT2D eigenvalue weighted by Crippen LogP contribution is 2.09. The molecule has 100 valence electrons. The van der Waals surface area contributed by atoms with E-state index >= 15 is 0 Å². The summed E-state index contributed by atoms with van der Waals surface area (Å²) in [6, 6.07) is 14.2. The molecule has 0 aliphatic rings. The Hall–Kier alpha value is -2.03. The lowest BCUT2D eigenvalue weighted by atomic mass is 10.1. The number of esters is 1. The standard InChI is InChI=1S/C16H19NO2/c1-2-19-16(18)15-12-11-14(17-15)10-6-9-13-7-4-3-5-8-13/h3-5,7-8,11-12,17H,2,6,9-10H2,1H3. The molecule has 1 N–H and O–H groups in total. The smallest absolute Gasteiger partial charge is 0.354 e. The number of carbonyl (C=O) groups excluding carboxylic acids is 1. The monoisotopic (exact) mass is 257 g/mol. The summed E-state index contributed by atoms with van der Waals surface area (Å²) in [4.78, 5) is 14.6. The molecule has 0 fully saturated rings. The number of hydrogen-bond acceptors (Lipinski definition) is 2.